The van der Waals surface area contributed by atoms with Crippen LogP contribution in [0.4, 0.5) is 0 Å². The molecule has 3 aromatic carbocycles. The number of halogens is 1. The van der Waals surface area contributed by atoms with Crippen LogP contribution in [0, 0.1) is 0 Å². The fourth-order valence-corrected chi connectivity index (χ4v) is 4.88. The molecular formula is C27H24ClN3O3. The molecule has 0 bridgehead atoms. The Morgan fingerprint density at radius 3 is 2.50 bits per heavy atom. The molecule has 1 aromatic heterocycles. The molecule has 1 unspecified atom stereocenters. The number of hydrogen-bond acceptors (Lipinski definition) is 3. The molecule has 1 amide bonds. The third kappa shape index (κ3) is 4.06. The van der Waals surface area contributed by atoms with Crippen LogP contribution >= 0.6 is 11.6 Å². The second-order valence-corrected chi connectivity index (χ2v) is 9.33. The van der Waals surface area contributed by atoms with Gasteiger partial charge in [-0.2, -0.15) is 0 Å². The topological polar surface area (TPSA) is 108 Å². The average molecular weight is 474 g/mol. The number of aliphatic carboxylic acids is 1. The molecule has 4 aromatic rings. The van der Waals surface area contributed by atoms with Crippen LogP contribution in [-0.2, 0) is 28.9 Å². The number of para-hydroxylation sites is 1. The normalized spacial score (nSPS) is 17.9. The van der Waals surface area contributed by atoms with Gasteiger partial charge in [-0.15, -0.1) is 0 Å². The molecule has 5 N–H and O–H groups in total. The van der Waals surface area contributed by atoms with Crippen molar-refractivity contribution in [2.24, 2.45) is 5.73 Å². The van der Waals surface area contributed by atoms with Gasteiger partial charge in [0.05, 0.1) is 6.04 Å². The number of aromatic nitrogens is 1. The van der Waals surface area contributed by atoms with Gasteiger partial charge in [0.25, 0.3) is 0 Å². The molecule has 0 saturated carbocycles. The molecule has 1 heterocycles. The number of H-pyrrole nitrogens is 1. The Bertz CT molecular complexity index is 1400. The Balaban J connectivity index is 1.34. The number of carbonyl (C=O) groups excluding carboxylic acids is 1. The van der Waals surface area contributed by atoms with Crippen LogP contribution in [0.1, 0.15) is 16.7 Å². The Morgan fingerprint density at radius 2 is 1.74 bits per heavy atom. The van der Waals surface area contributed by atoms with E-state index in [1.807, 2.05) is 72.9 Å². The van der Waals surface area contributed by atoms with Gasteiger partial charge in [0.15, 0.2) is 0 Å². The summed E-state index contributed by atoms with van der Waals surface area (Å²) in [6.07, 6.45) is 2.56. The van der Waals surface area contributed by atoms with E-state index in [4.69, 9.17) is 17.3 Å². The Labute approximate surface area is 201 Å². The molecule has 6 nitrogen and oxygen atoms in total. The molecule has 1 aliphatic rings. The van der Waals surface area contributed by atoms with Gasteiger partial charge in [-0.1, -0.05) is 60.1 Å². The zero-order valence-corrected chi connectivity index (χ0v) is 19.1. The molecule has 7 heteroatoms. The van der Waals surface area contributed by atoms with Gasteiger partial charge in [0.2, 0.25) is 5.91 Å². The van der Waals surface area contributed by atoms with Crippen LogP contribution in [0.15, 0.2) is 72.9 Å². The molecule has 0 spiro atoms. The summed E-state index contributed by atoms with van der Waals surface area (Å²) in [6, 6.07) is 20.3. The van der Waals surface area contributed by atoms with Crippen LogP contribution in [0.5, 0.6) is 0 Å². The van der Waals surface area contributed by atoms with E-state index >= 15 is 0 Å². The van der Waals surface area contributed by atoms with Crippen molar-refractivity contribution in [3.05, 3.63) is 94.6 Å². The molecule has 34 heavy (non-hydrogen) atoms. The Morgan fingerprint density at radius 1 is 1.03 bits per heavy atom. The minimum Gasteiger partial charge on any atom is -0.479 e. The molecule has 0 aliphatic heterocycles. The van der Waals surface area contributed by atoms with E-state index in [1.165, 1.54) is 0 Å². The highest BCUT2D eigenvalue weighted by molar-refractivity contribution is 6.30. The van der Waals surface area contributed by atoms with E-state index in [9.17, 15) is 14.7 Å². The molecular weight excluding hydrogens is 450 g/mol. The third-order valence-electron chi connectivity index (χ3n) is 6.59. The summed E-state index contributed by atoms with van der Waals surface area (Å²) in [6.45, 7) is 0. The Kier molecular flexibility index (Phi) is 5.63. The Hall–Kier alpha value is -3.61. The number of carboxylic acids is 1. The van der Waals surface area contributed by atoms with Crippen LogP contribution in [0.25, 0.3) is 22.0 Å². The predicted octanol–water partition coefficient (Wildman–Crippen LogP) is 4.10. The highest BCUT2D eigenvalue weighted by Gasteiger charge is 2.46. The summed E-state index contributed by atoms with van der Waals surface area (Å²) in [5.74, 6) is -1.54. The smallest absolute Gasteiger partial charge is 0.330 e. The van der Waals surface area contributed by atoms with E-state index in [0.29, 0.717) is 11.4 Å². The van der Waals surface area contributed by atoms with Crippen molar-refractivity contribution >= 4 is 34.4 Å². The molecule has 2 atom stereocenters. The lowest BCUT2D eigenvalue weighted by atomic mass is 9.94. The van der Waals surface area contributed by atoms with Gasteiger partial charge in [0.1, 0.15) is 5.54 Å². The van der Waals surface area contributed by atoms with Crippen LogP contribution < -0.4 is 11.1 Å². The van der Waals surface area contributed by atoms with E-state index in [1.54, 1.807) is 0 Å². The summed E-state index contributed by atoms with van der Waals surface area (Å²) >= 11 is 5.99. The number of nitrogens with one attached hydrogen (secondary N) is 2. The molecule has 1 aliphatic carbocycles. The summed E-state index contributed by atoms with van der Waals surface area (Å²) in [5.41, 5.74) is 10.5. The first-order valence-electron chi connectivity index (χ1n) is 11.1. The predicted molar refractivity (Wildman–Crippen MR) is 133 cm³/mol. The van der Waals surface area contributed by atoms with Gasteiger partial charge < -0.3 is 21.1 Å². The first-order valence-corrected chi connectivity index (χ1v) is 11.5. The number of carbonyl (C=O) groups is 2. The average Bonchev–Trinajstić information content (AvgIpc) is 3.41. The lowest BCUT2D eigenvalue weighted by Gasteiger charge is -2.27. The van der Waals surface area contributed by atoms with E-state index in [0.717, 1.165) is 38.7 Å². The standard InChI is InChI=1S/C27H24ClN3O3/c28-21-9-7-16(8-10-21)17-5-6-18-13-27(26(33)34,14-19(18)11-17)31-25(32)23(29)12-20-15-30-24-4-2-1-3-22(20)24/h1-11,15,23,30H,12-14,29H2,(H,31,32)(H,33,34)/t23-,27?/m0/s1. The minimum absolute atomic E-state index is 0.199. The second kappa shape index (κ2) is 8.63. The van der Waals surface area contributed by atoms with Gasteiger partial charge in [-0.25, -0.2) is 4.79 Å². The second-order valence-electron chi connectivity index (χ2n) is 8.89. The van der Waals surface area contributed by atoms with E-state index < -0.39 is 23.5 Å². The largest absolute Gasteiger partial charge is 0.479 e. The minimum atomic E-state index is -1.42. The molecule has 172 valence electrons. The van der Waals surface area contributed by atoms with Crippen LogP contribution in [0.3, 0.4) is 0 Å². The maximum atomic E-state index is 13.0. The summed E-state index contributed by atoms with van der Waals surface area (Å²) < 4.78 is 0. The monoisotopic (exact) mass is 473 g/mol. The fourth-order valence-electron chi connectivity index (χ4n) is 4.75. The van der Waals surface area contributed by atoms with Gasteiger partial charge in [-0.3, -0.25) is 4.79 Å². The van der Waals surface area contributed by atoms with Crippen molar-refractivity contribution in [2.45, 2.75) is 30.8 Å². The number of fused-ring (bicyclic) bond motifs is 2. The first-order chi connectivity index (χ1) is 16.3. The first kappa shape index (κ1) is 22.2. The van der Waals surface area contributed by atoms with Gasteiger partial charge in [-0.05, 0) is 52.4 Å². The number of rotatable bonds is 6. The zero-order chi connectivity index (χ0) is 23.9. The number of hydrogen-bond donors (Lipinski definition) is 4. The number of amides is 1. The number of nitrogens with two attached hydrogens (primary N) is 1. The SMILES string of the molecule is N[C@@H](Cc1c[nH]c2ccccc12)C(=O)NC1(C(=O)O)Cc2ccc(-c3ccc(Cl)cc3)cc2C1. The lowest BCUT2D eigenvalue weighted by molar-refractivity contribution is -0.147. The van der Waals surface area contributed by atoms with Crippen LogP contribution in [-0.4, -0.2) is 33.5 Å². The highest BCUT2D eigenvalue weighted by atomic mass is 35.5. The van der Waals surface area contributed by atoms with Crippen molar-refractivity contribution in [2.75, 3.05) is 0 Å². The summed E-state index contributed by atoms with van der Waals surface area (Å²) in [7, 11) is 0. The molecule has 5 rings (SSSR count). The van der Waals surface area contributed by atoms with Crippen molar-refractivity contribution in [1.29, 1.82) is 0 Å². The molecule has 0 fully saturated rings. The lowest BCUT2D eigenvalue weighted by Crippen LogP contribution is -2.59. The van der Waals surface area contributed by atoms with Crippen molar-refractivity contribution in [1.82, 2.24) is 10.3 Å². The van der Waals surface area contributed by atoms with Crippen molar-refractivity contribution in [3.63, 3.8) is 0 Å². The van der Waals surface area contributed by atoms with E-state index in [-0.39, 0.29) is 12.8 Å². The number of benzene rings is 3. The van der Waals surface area contributed by atoms with Crippen LogP contribution in [0.2, 0.25) is 5.02 Å². The quantitative estimate of drug-likeness (QED) is 0.338. The van der Waals surface area contributed by atoms with Gasteiger partial charge in [0, 0.05) is 35.0 Å². The highest BCUT2D eigenvalue weighted by Crippen LogP contribution is 2.34. The summed E-state index contributed by atoms with van der Waals surface area (Å²) in [4.78, 5) is 28.6. The molecule has 0 saturated heterocycles. The maximum Gasteiger partial charge on any atom is 0.330 e. The summed E-state index contributed by atoms with van der Waals surface area (Å²) in [5, 5.41) is 14.5. The van der Waals surface area contributed by atoms with Gasteiger partial charge >= 0.3 is 5.97 Å². The number of carboxylic acid groups (broad SMARTS) is 1. The van der Waals surface area contributed by atoms with E-state index in [2.05, 4.69) is 10.3 Å². The van der Waals surface area contributed by atoms with Crippen molar-refractivity contribution in [3.8, 4) is 11.1 Å². The third-order valence-corrected chi connectivity index (χ3v) is 6.84. The zero-order valence-electron chi connectivity index (χ0n) is 18.3. The number of aromatic amines is 1. The van der Waals surface area contributed by atoms with Crippen molar-refractivity contribution < 1.29 is 14.7 Å². The fraction of sp³-hybridized carbons (Fsp3) is 0.185. The maximum absolute atomic E-state index is 13.0. The molecule has 0 radical (unpaired) electrons.